The first-order chi connectivity index (χ1) is 6.77. The maximum atomic E-state index is 5.93. The van der Waals surface area contributed by atoms with Gasteiger partial charge in [-0.05, 0) is 30.7 Å². The number of nitrogens with two attached hydrogens (primary N) is 1. The molecule has 1 aromatic carbocycles. The molecule has 3 N–H and O–H groups in total. The summed E-state index contributed by atoms with van der Waals surface area (Å²) in [6.45, 7) is 2.10. The molecule has 1 aliphatic heterocycles. The highest BCUT2D eigenvalue weighted by molar-refractivity contribution is 7.99. The molecular weight excluding hydrogens is 192 g/mol. The lowest BCUT2D eigenvalue weighted by atomic mass is 10.1. The van der Waals surface area contributed by atoms with Crippen LogP contribution in [0, 0.1) is 6.92 Å². The van der Waals surface area contributed by atoms with E-state index in [1.807, 2.05) is 23.9 Å². The van der Waals surface area contributed by atoms with Crippen LogP contribution in [0.25, 0.3) is 0 Å². The molecule has 0 bridgehead atoms. The maximum absolute atomic E-state index is 5.93. The Balaban J connectivity index is 2.14. The highest BCUT2D eigenvalue weighted by atomic mass is 32.2. The van der Waals surface area contributed by atoms with Gasteiger partial charge in [0, 0.05) is 11.8 Å². The summed E-state index contributed by atoms with van der Waals surface area (Å²) in [4.78, 5) is 0. The monoisotopic (exact) mass is 208 g/mol. The van der Waals surface area contributed by atoms with Crippen molar-refractivity contribution in [3.8, 4) is 0 Å². The zero-order valence-corrected chi connectivity index (χ0v) is 9.23. The number of aryl methyl sites for hydroxylation is 1. The molecular formula is C11H16N2S. The number of hydrogen-bond donors (Lipinski definition) is 2. The van der Waals surface area contributed by atoms with E-state index in [0.717, 1.165) is 11.4 Å². The first kappa shape index (κ1) is 9.71. The van der Waals surface area contributed by atoms with Gasteiger partial charge in [0.1, 0.15) is 0 Å². The second kappa shape index (κ2) is 4.13. The summed E-state index contributed by atoms with van der Waals surface area (Å²) in [5.41, 5.74) is 9.16. The summed E-state index contributed by atoms with van der Waals surface area (Å²) in [7, 11) is 0. The van der Waals surface area contributed by atoms with E-state index in [-0.39, 0.29) is 0 Å². The summed E-state index contributed by atoms with van der Waals surface area (Å²) < 4.78 is 0. The number of anilines is 2. The molecule has 3 heteroatoms. The summed E-state index contributed by atoms with van der Waals surface area (Å²) >= 11 is 2.01. The molecule has 0 saturated carbocycles. The summed E-state index contributed by atoms with van der Waals surface area (Å²) in [5, 5.41) is 3.53. The van der Waals surface area contributed by atoms with Crippen LogP contribution < -0.4 is 11.1 Å². The number of thioether (sulfide) groups is 1. The van der Waals surface area contributed by atoms with Gasteiger partial charge in [0.25, 0.3) is 0 Å². The molecule has 1 atom stereocenters. The largest absolute Gasteiger partial charge is 0.397 e. The predicted octanol–water partition coefficient (Wildman–Crippen LogP) is 2.49. The van der Waals surface area contributed by atoms with Crippen molar-refractivity contribution in [3.63, 3.8) is 0 Å². The molecule has 0 aromatic heterocycles. The Hall–Kier alpha value is -0.830. The van der Waals surface area contributed by atoms with Gasteiger partial charge >= 0.3 is 0 Å². The second-order valence-electron chi connectivity index (χ2n) is 3.74. The van der Waals surface area contributed by atoms with E-state index in [9.17, 15) is 0 Å². The number of rotatable bonds is 2. The SMILES string of the molecule is Cc1cccc(N)c1NC1CCSC1. The number of nitrogens with one attached hydrogen (secondary N) is 1. The average molecular weight is 208 g/mol. The van der Waals surface area contributed by atoms with Crippen LogP contribution in [0.4, 0.5) is 11.4 Å². The van der Waals surface area contributed by atoms with E-state index in [1.54, 1.807) is 0 Å². The average Bonchev–Trinajstić information content (AvgIpc) is 2.64. The van der Waals surface area contributed by atoms with Crippen molar-refractivity contribution in [1.29, 1.82) is 0 Å². The minimum absolute atomic E-state index is 0.600. The fourth-order valence-electron chi connectivity index (χ4n) is 1.74. The smallest absolute Gasteiger partial charge is 0.0606 e. The highest BCUT2D eigenvalue weighted by Crippen LogP contribution is 2.27. The van der Waals surface area contributed by atoms with Crippen LogP contribution in [0.3, 0.4) is 0 Å². The minimum Gasteiger partial charge on any atom is -0.397 e. The van der Waals surface area contributed by atoms with Crippen LogP contribution >= 0.6 is 11.8 Å². The van der Waals surface area contributed by atoms with Crippen LogP contribution in [0.1, 0.15) is 12.0 Å². The molecule has 1 saturated heterocycles. The number of nitrogen functional groups attached to an aromatic ring is 1. The number of benzene rings is 1. The molecule has 1 aliphatic rings. The van der Waals surface area contributed by atoms with Crippen molar-refractivity contribution in [2.45, 2.75) is 19.4 Å². The predicted molar refractivity (Wildman–Crippen MR) is 64.9 cm³/mol. The third-order valence-corrected chi connectivity index (χ3v) is 3.75. The Bertz CT molecular complexity index is 299. The summed E-state index contributed by atoms with van der Waals surface area (Å²) in [5.74, 6) is 2.47. The molecule has 1 unspecified atom stereocenters. The molecule has 1 heterocycles. The van der Waals surface area contributed by atoms with Gasteiger partial charge in [0.05, 0.1) is 11.4 Å². The van der Waals surface area contributed by atoms with Gasteiger partial charge in [0.15, 0.2) is 0 Å². The zero-order valence-electron chi connectivity index (χ0n) is 8.42. The lowest BCUT2D eigenvalue weighted by molar-refractivity contribution is 0.812. The van der Waals surface area contributed by atoms with Crippen molar-refractivity contribution in [1.82, 2.24) is 0 Å². The van der Waals surface area contributed by atoms with Crippen molar-refractivity contribution < 1.29 is 0 Å². The quantitative estimate of drug-likeness (QED) is 0.733. The van der Waals surface area contributed by atoms with Gasteiger partial charge in [-0.2, -0.15) is 11.8 Å². The Kier molecular flexibility index (Phi) is 2.87. The van der Waals surface area contributed by atoms with E-state index < -0.39 is 0 Å². The molecule has 0 amide bonds. The van der Waals surface area contributed by atoms with Crippen LogP contribution in [-0.2, 0) is 0 Å². The minimum atomic E-state index is 0.600. The van der Waals surface area contributed by atoms with Crippen LogP contribution in [-0.4, -0.2) is 17.5 Å². The van der Waals surface area contributed by atoms with E-state index in [0.29, 0.717) is 6.04 Å². The lowest BCUT2D eigenvalue weighted by Crippen LogP contribution is -2.19. The molecule has 1 aromatic rings. The maximum Gasteiger partial charge on any atom is 0.0606 e. The Morgan fingerprint density at radius 3 is 3.00 bits per heavy atom. The van der Waals surface area contributed by atoms with Gasteiger partial charge in [-0.25, -0.2) is 0 Å². The Labute approximate surface area is 89.3 Å². The van der Waals surface area contributed by atoms with Crippen molar-refractivity contribution >= 4 is 23.1 Å². The summed E-state index contributed by atoms with van der Waals surface area (Å²) in [6.07, 6.45) is 1.25. The van der Waals surface area contributed by atoms with Crippen molar-refractivity contribution in [2.75, 3.05) is 22.6 Å². The highest BCUT2D eigenvalue weighted by Gasteiger charge is 2.16. The van der Waals surface area contributed by atoms with Crippen LogP contribution in [0.5, 0.6) is 0 Å². The molecule has 2 nitrogen and oxygen atoms in total. The second-order valence-corrected chi connectivity index (χ2v) is 4.89. The molecule has 1 fully saturated rings. The Morgan fingerprint density at radius 2 is 2.36 bits per heavy atom. The molecule has 14 heavy (non-hydrogen) atoms. The van der Waals surface area contributed by atoms with Gasteiger partial charge in [-0.15, -0.1) is 0 Å². The van der Waals surface area contributed by atoms with E-state index in [4.69, 9.17) is 5.73 Å². The van der Waals surface area contributed by atoms with Crippen molar-refractivity contribution in [2.24, 2.45) is 0 Å². The van der Waals surface area contributed by atoms with Gasteiger partial charge < -0.3 is 11.1 Å². The van der Waals surface area contributed by atoms with Crippen LogP contribution in [0.2, 0.25) is 0 Å². The van der Waals surface area contributed by atoms with E-state index in [1.165, 1.54) is 23.5 Å². The molecule has 2 rings (SSSR count). The first-order valence-electron chi connectivity index (χ1n) is 4.97. The third-order valence-electron chi connectivity index (χ3n) is 2.58. The fraction of sp³-hybridized carbons (Fsp3) is 0.455. The first-order valence-corrected chi connectivity index (χ1v) is 6.12. The standard InChI is InChI=1S/C11H16N2S/c1-8-3-2-4-10(12)11(8)13-9-5-6-14-7-9/h2-4,9,13H,5-7,12H2,1H3. The third kappa shape index (κ3) is 1.98. The zero-order chi connectivity index (χ0) is 9.97. The number of hydrogen-bond acceptors (Lipinski definition) is 3. The molecule has 0 aliphatic carbocycles. The van der Waals surface area contributed by atoms with Crippen LogP contribution in [0.15, 0.2) is 18.2 Å². The molecule has 0 radical (unpaired) electrons. The van der Waals surface area contributed by atoms with Gasteiger partial charge in [-0.1, -0.05) is 12.1 Å². The topological polar surface area (TPSA) is 38.0 Å². The van der Waals surface area contributed by atoms with E-state index in [2.05, 4.69) is 18.3 Å². The molecule has 76 valence electrons. The lowest BCUT2D eigenvalue weighted by Gasteiger charge is -2.16. The molecule has 0 spiro atoms. The fourth-order valence-corrected chi connectivity index (χ4v) is 2.89. The summed E-state index contributed by atoms with van der Waals surface area (Å²) in [6, 6.07) is 6.65. The van der Waals surface area contributed by atoms with Crippen molar-refractivity contribution in [3.05, 3.63) is 23.8 Å². The van der Waals surface area contributed by atoms with Gasteiger partial charge in [-0.3, -0.25) is 0 Å². The normalized spacial score (nSPS) is 21.1. The van der Waals surface area contributed by atoms with Gasteiger partial charge in [0.2, 0.25) is 0 Å². The number of para-hydroxylation sites is 1. The van der Waals surface area contributed by atoms with E-state index >= 15 is 0 Å². The Morgan fingerprint density at radius 1 is 1.50 bits per heavy atom.